The molecule has 2 atom stereocenters. The normalized spacial score (nSPS) is 22.7. The maximum absolute atomic E-state index is 12.5. The summed E-state index contributed by atoms with van der Waals surface area (Å²) in [6.45, 7) is 2.85. The Morgan fingerprint density at radius 3 is 2.67 bits per heavy atom. The van der Waals surface area contributed by atoms with Crippen molar-refractivity contribution in [1.29, 1.82) is 0 Å². The lowest BCUT2D eigenvalue weighted by Crippen LogP contribution is -2.49. The number of amides is 1. The summed E-state index contributed by atoms with van der Waals surface area (Å²) in [6, 6.07) is 12.2. The van der Waals surface area contributed by atoms with Gasteiger partial charge in [-0.25, -0.2) is 10.9 Å². The molecule has 2 saturated heterocycles. The molecule has 4 rings (SSSR count). The maximum atomic E-state index is 12.5. The van der Waals surface area contributed by atoms with Gasteiger partial charge in [-0.15, -0.1) is 0 Å². The van der Waals surface area contributed by atoms with Crippen molar-refractivity contribution in [3.05, 3.63) is 59.9 Å². The number of hydrazine groups is 1. The van der Waals surface area contributed by atoms with E-state index in [1.165, 1.54) is 5.56 Å². The van der Waals surface area contributed by atoms with Crippen molar-refractivity contribution in [2.75, 3.05) is 38.6 Å². The summed E-state index contributed by atoms with van der Waals surface area (Å²) in [6.07, 6.45) is 7.31. The Balaban J connectivity index is 1.22. The van der Waals surface area contributed by atoms with Gasteiger partial charge in [0, 0.05) is 50.3 Å². The fraction of sp³-hybridized carbons (Fsp3) is 0.478. The average molecular weight is 409 g/mol. The van der Waals surface area contributed by atoms with Crippen LogP contribution in [0, 0.1) is 5.92 Å². The largest absolute Gasteiger partial charge is 0.378 e. The second kappa shape index (κ2) is 9.55. The van der Waals surface area contributed by atoms with Gasteiger partial charge in [-0.1, -0.05) is 6.07 Å². The molecule has 0 aliphatic carbocycles. The first kappa shape index (κ1) is 20.8. The first-order chi connectivity index (χ1) is 14.6. The molecule has 0 spiro atoms. The lowest BCUT2D eigenvalue weighted by atomic mass is 9.95. The van der Waals surface area contributed by atoms with E-state index in [0.29, 0.717) is 18.1 Å². The molecule has 2 aromatic rings. The second-order valence-corrected chi connectivity index (χ2v) is 8.51. The van der Waals surface area contributed by atoms with Gasteiger partial charge in [-0.05, 0) is 74.2 Å². The minimum absolute atomic E-state index is 0.0166. The van der Waals surface area contributed by atoms with Gasteiger partial charge in [0.1, 0.15) is 0 Å². The molecule has 3 N–H and O–H groups in total. The quantitative estimate of drug-likeness (QED) is 0.680. The standard InChI is InChI=1S/C23H32N6O/c1-28(2)20-5-3-4-19(14-20)23(30)25-16-17-8-12-29(13-9-17)22-15-21(26-27-22)18-6-10-24-11-7-18/h3-7,10-11,14,17,21-22,26-27H,8-9,12-13,15-16H2,1-2H3,(H,25,30). The van der Waals surface area contributed by atoms with E-state index < -0.39 is 0 Å². The summed E-state index contributed by atoms with van der Waals surface area (Å²) in [5.74, 6) is 0.551. The highest BCUT2D eigenvalue weighted by atomic mass is 16.1. The third-order valence-electron chi connectivity index (χ3n) is 6.26. The number of likely N-dealkylation sites (tertiary alicyclic amines) is 1. The van der Waals surface area contributed by atoms with Crippen LogP contribution in [0.3, 0.4) is 0 Å². The highest BCUT2D eigenvalue weighted by molar-refractivity contribution is 5.95. The summed E-state index contributed by atoms with van der Waals surface area (Å²) in [5, 5.41) is 3.14. The van der Waals surface area contributed by atoms with E-state index in [0.717, 1.165) is 50.1 Å². The number of nitrogens with one attached hydrogen (secondary N) is 3. The number of piperidine rings is 1. The van der Waals surface area contributed by atoms with Crippen LogP contribution in [0.5, 0.6) is 0 Å². The molecule has 2 unspecified atom stereocenters. The van der Waals surface area contributed by atoms with Crippen molar-refractivity contribution in [3.8, 4) is 0 Å². The van der Waals surface area contributed by atoms with E-state index in [-0.39, 0.29) is 5.91 Å². The van der Waals surface area contributed by atoms with Gasteiger partial charge < -0.3 is 10.2 Å². The first-order valence-electron chi connectivity index (χ1n) is 10.8. The number of pyridine rings is 1. The minimum Gasteiger partial charge on any atom is -0.378 e. The smallest absolute Gasteiger partial charge is 0.251 e. The fourth-order valence-corrected chi connectivity index (χ4v) is 4.33. The van der Waals surface area contributed by atoms with Crippen molar-refractivity contribution in [2.24, 2.45) is 5.92 Å². The molecule has 30 heavy (non-hydrogen) atoms. The van der Waals surface area contributed by atoms with Crippen LogP contribution >= 0.6 is 0 Å². The van der Waals surface area contributed by atoms with Gasteiger partial charge in [-0.2, -0.15) is 0 Å². The summed E-state index contributed by atoms with van der Waals surface area (Å²) >= 11 is 0. The second-order valence-electron chi connectivity index (χ2n) is 8.51. The lowest BCUT2D eigenvalue weighted by Gasteiger charge is -2.35. The molecule has 2 aliphatic heterocycles. The number of carbonyl (C=O) groups excluding carboxylic acids is 1. The summed E-state index contributed by atoms with van der Waals surface area (Å²) in [7, 11) is 3.97. The topological polar surface area (TPSA) is 72.5 Å². The molecule has 1 amide bonds. The number of carbonyl (C=O) groups is 1. The molecule has 2 aliphatic rings. The van der Waals surface area contributed by atoms with Gasteiger partial charge in [0.15, 0.2) is 0 Å². The van der Waals surface area contributed by atoms with Gasteiger partial charge in [0.2, 0.25) is 0 Å². The molecule has 2 fully saturated rings. The van der Waals surface area contributed by atoms with Crippen LogP contribution < -0.4 is 21.1 Å². The predicted octanol–water partition coefficient (Wildman–Crippen LogP) is 2.15. The Bertz CT molecular complexity index is 835. The zero-order valence-electron chi connectivity index (χ0n) is 17.8. The predicted molar refractivity (Wildman–Crippen MR) is 119 cm³/mol. The third-order valence-corrected chi connectivity index (χ3v) is 6.26. The van der Waals surface area contributed by atoms with E-state index in [2.05, 4.69) is 38.2 Å². The van der Waals surface area contributed by atoms with Crippen molar-refractivity contribution < 1.29 is 4.79 Å². The number of aromatic nitrogens is 1. The molecule has 0 saturated carbocycles. The van der Waals surface area contributed by atoms with E-state index in [9.17, 15) is 4.79 Å². The zero-order chi connectivity index (χ0) is 20.9. The van der Waals surface area contributed by atoms with E-state index in [1.807, 2.05) is 55.7 Å². The molecule has 0 bridgehead atoms. The monoisotopic (exact) mass is 408 g/mol. The number of rotatable bonds is 6. The minimum atomic E-state index is 0.0166. The van der Waals surface area contributed by atoms with Crippen LogP contribution in [0.15, 0.2) is 48.8 Å². The summed E-state index contributed by atoms with van der Waals surface area (Å²) in [4.78, 5) is 21.2. The average Bonchev–Trinajstić information content (AvgIpc) is 3.29. The van der Waals surface area contributed by atoms with Gasteiger partial charge in [0.25, 0.3) is 5.91 Å². The molecule has 3 heterocycles. The Labute approximate surface area is 178 Å². The molecular formula is C23H32N6O. The Morgan fingerprint density at radius 1 is 1.17 bits per heavy atom. The highest BCUT2D eigenvalue weighted by Gasteiger charge is 2.31. The van der Waals surface area contributed by atoms with Crippen molar-refractivity contribution >= 4 is 11.6 Å². The maximum Gasteiger partial charge on any atom is 0.251 e. The molecule has 7 heteroatoms. The van der Waals surface area contributed by atoms with Crippen LogP contribution in [0.25, 0.3) is 0 Å². The van der Waals surface area contributed by atoms with Gasteiger partial charge >= 0.3 is 0 Å². The molecule has 1 aromatic heterocycles. The number of anilines is 1. The van der Waals surface area contributed by atoms with Crippen LogP contribution in [0.4, 0.5) is 5.69 Å². The fourth-order valence-electron chi connectivity index (χ4n) is 4.33. The van der Waals surface area contributed by atoms with Gasteiger partial charge in [-0.3, -0.25) is 14.7 Å². The molecule has 1 aromatic carbocycles. The summed E-state index contributed by atoms with van der Waals surface area (Å²) in [5.41, 5.74) is 9.92. The van der Waals surface area contributed by atoms with Crippen LogP contribution in [-0.4, -0.2) is 55.7 Å². The molecule has 160 valence electrons. The first-order valence-corrected chi connectivity index (χ1v) is 10.8. The van der Waals surface area contributed by atoms with E-state index in [1.54, 1.807) is 0 Å². The van der Waals surface area contributed by atoms with Crippen LogP contribution in [0.1, 0.15) is 41.2 Å². The van der Waals surface area contributed by atoms with Crippen LogP contribution in [-0.2, 0) is 0 Å². The van der Waals surface area contributed by atoms with Gasteiger partial charge in [0.05, 0.1) is 6.17 Å². The van der Waals surface area contributed by atoms with E-state index >= 15 is 0 Å². The van der Waals surface area contributed by atoms with Crippen LogP contribution in [0.2, 0.25) is 0 Å². The number of hydrogen-bond acceptors (Lipinski definition) is 6. The van der Waals surface area contributed by atoms with Crippen molar-refractivity contribution in [1.82, 2.24) is 26.1 Å². The zero-order valence-corrected chi connectivity index (χ0v) is 17.8. The number of benzene rings is 1. The molecule has 7 nitrogen and oxygen atoms in total. The number of nitrogens with zero attached hydrogens (tertiary/aromatic N) is 3. The van der Waals surface area contributed by atoms with Crippen molar-refractivity contribution in [3.63, 3.8) is 0 Å². The van der Waals surface area contributed by atoms with E-state index in [4.69, 9.17) is 0 Å². The lowest BCUT2D eigenvalue weighted by molar-refractivity contribution is 0.0914. The van der Waals surface area contributed by atoms with Crippen molar-refractivity contribution in [2.45, 2.75) is 31.5 Å². The molecular weight excluding hydrogens is 376 g/mol. The highest BCUT2D eigenvalue weighted by Crippen LogP contribution is 2.26. The SMILES string of the molecule is CN(C)c1cccc(C(=O)NCC2CCN(C3CC(c4ccncc4)NN3)CC2)c1. The Kier molecular flexibility index (Phi) is 6.62. The summed E-state index contributed by atoms with van der Waals surface area (Å²) < 4.78 is 0. The Hall–Kier alpha value is -2.48. The number of hydrogen-bond donors (Lipinski definition) is 3. The Morgan fingerprint density at radius 2 is 1.93 bits per heavy atom. The molecule has 0 radical (unpaired) electrons. The third kappa shape index (κ3) is 4.98.